The first-order valence-electron chi connectivity index (χ1n) is 6.50. The molecule has 1 nitrogen and oxygen atoms in total. The van der Waals surface area contributed by atoms with Crippen LogP contribution >= 0.6 is 0 Å². The van der Waals surface area contributed by atoms with Crippen LogP contribution < -0.4 is 0 Å². The molecule has 1 heteroatoms. The summed E-state index contributed by atoms with van der Waals surface area (Å²) in [6.45, 7) is 0. The predicted octanol–water partition coefficient (Wildman–Crippen LogP) is 4.54. The second kappa shape index (κ2) is 3.54. The molecule has 0 radical (unpaired) electrons. The Balaban J connectivity index is 2.43. The lowest BCUT2D eigenvalue weighted by Gasteiger charge is -2.08. The van der Waals surface area contributed by atoms with Gasteiger partial charge in [0.2, 0.25) is 0 Å². The lowest BCUT2D eigenvalue weighted by Crippen LogP contribution is -1.84. The molecule has 0 spiro atoms. The topological polar surface area (TPSA) is 12.9 Å². The van der Waals surface area contributed by atoms with E-state index in [1.54, 1.807) is 0 Å². The standard InChI is InChI=1S/C17H11N/c1-2-7-14-12(6-1)13-8-3-4-9-15(13)17-16(14)10-5-11-18-17/h1-11H/i4D. The monoisotopic (exact) mass is 230 g/mol. The van der Waals surface area contributed by atoms with Crippen molar-refractivity contribution in [2.24, 2.45) is 0 Å². The lowest BCUT2D eigenvalue weighted by atomic mass is 9.97. The summed E-state index contributed by atoms with van der Waals surface area (Å²) in [6, 6.07) is 18.7. The fraction of sp³-hybridized carbons (Fsp3) is 0. The summed E-state index contributed by atoms with van der Waals surface area (Å²) in [5, 5.41) is 5.81. The maximum absolute atomic E-state index is 7.83. The van der Waals surface area contributed by atoms with Gasteiger partial charge in [-0.2, -0.15) is 0 Å². The highest BCUT2D eigenvalue weighted by atomic mass is 14.6. The Labute approximate surface area is 106 Å². The van der Waals surface area contributed by atoms with E-state index in [-0.39, 0.29) is 0 Å². The smallest absolute Gasteiger partial charge is 0.0786 e. The number of rotatable bonds is 0. The lowest BCUT2D eigenvalue weighted by molar-refractivity contribution is 1.43. The molecule has 4 rings (SSSR count). The highest BCUT2D eigenvalue weighted by molar-refractivity contribution is 6.23. The third-order valence-corrected chi connectivity index (χ3v) is 3.43. The molecule has 0 aliphatic rings. The van der Waals surface area contributed by atoms with E-state index in [0.29, 0.717) is 6.04 Å². The van der Waals surface area contributed by atoms with E-state index in [4.69, 9.17) is 1.37 Å². The van der Waals surface area contributed by atoms with Crippen molar-refractivity contribution < 1.29 is 1.37 Å². The summed E-state index contributed by atoms with van der Waals surface area (Å²) in [6.07, 6.45) is 1.81. The van der Waals surface area contributed by atoms with Gasteiger partial charge in [0.15, 0.2) is 0 Å². The molecule has 1 aromatic heterocycles. The van der Waals surface area contributed by atoms with E-state index >= 15 is 0 Å². The van der Waals surface area contributed by atoms with E-state index in [1.807, 2.05) is 30.5 Å². The van der Waals surface area contributed by atoms with Crippen molar-refractivity contribution in [1.82, 2.24) is 4.98 Å². The first-order chi connectivity index (χ1) is 9.34. The van der Waals surface area contributed by atoms with Gasteiger partial charge in [0, 0.05) is 17.0 Å². The average molecular weight is 230 g/mol. The minimum Gasteiger partial charge on any atom is -0.256 e. The molecule has 0 N–H and O–H groups in total. The highest BCUT2D eigenvalue weighted by Gasteiger charge is 2.07. The molecule has 4 aromatic rings. The zero-order valence-corrected chi connectivity index (χ0v) is 9.72. The molecular formula is C17H11N. The second-order valence-corrected chi connectivity index (χ2v) is 4.42. The molecule has 18 heavy (non-hydrogen) atoms. The Hall–Kier alpha value is -2.41. The maximum Gasteiger partial charge on any atom is 0.0786 e. The zero-order chi connectivity index (χ0) is 12.8. The fourth-order valence-electron chi connectivity index (χ4n) is 2.65. The number of hydrogen-bond acceptors (Lipinski definition) is 1. The first kappa shape index (κ1) is 8.65. The van der Waals surface area contributed by atoms with Crippen molar-refractivity contribution in [1.29, 1.82) is 0 Å². The van der Waals surface area contributed by atoms with Gasteiger partial charge in [-0.1, -0.05) is 54.6 Å². The number of benzene rings is 3. The Morgan fingerprint density at radius 1 is 0.667 bits per heavy atom. The third kappa shape index (κ3) is 1.19. The number of pyridine rings is 1. The number of hydrogen-bond donors (Lipinski definition) is 0. The van der Waals surface area contributed by atoms with Gasteiger partial charge in [-0.25, -0.2) is 0 Å². The van der Waals surface area contributed by atoms with Gasteiger partial charge in [-0.05, 0) is 22.2 Å². The molecule has 1 heterocycles. The summed E-state index contributed by atoms with van der Waals surface area (Å²) in [5.74, 6) is 0. The largest absolute Gasteiger partial charge is 0.256 e. The van der Waals surface area contributed by atoms with Gasteiger partial charge in [-0.3, -0.25) is 4.98 Å². The molecule has 0 unspecified atom stereocenters. The van der Waals surface area contributed by atoms with Crippen LogP contribution in [0.3, 0.4) is 0 Å². The van der Waals surface area contributed by atoms with Crippen molar-refractivity contribution >= 4 is 32.4 Å². The molecule has 3 aromatic carbocycles. The Kier molecular flexibility index (Phi) is 1.70. The quantitative estimate of drug-likeness (QED) is 0.404. The summed E-state index contributed by atoms with van der Waals surface area (Å²) in [5.41, 5.74) is 0.977. The van der Waals surface area contributed by atoms with Crippen molar-refractivity contribution in [2.75, 3.05) is 0 Å². The van der Waals surface area contributed by atoms with Crippen molar-refractivity contribution in [2.45, 2.75) is 0 Å². The average Bonchev–Trinajstić information content (AvgIpc) is 2.47. The van der Waals surface area contributed by atoms with Crippen LogP contribution in [0.25, 0.3) is 32.4 Å². The van der Waals surface area contributed by atoms with Gasteiger partial charge in [0.1, 0.15) is 0 Å². The molecule has 84 valence electrons. The summed E-state index contributed by atoms with van der Waals surface area (Å²) in [7, 11) is 0. The number of fused-ring (bicyclic) bond motifs is 6. The number of nitrogens with zero attached hydrogens (tertiary/aromatic N) is 1. The van der Waals surface area contributed by atoms with Gasteiger partial charge >= 0.3 is 0 Å². The zero-order valence-electron chi connectivity index (χ0n) is 10.7. The second-order valence-electron chi connectivity index (χ2n) is 4.42. The predicted molar refractivity (Wildman–Crippen MR) is 76.8 cm³/mol. The fourth-order valence-corrected chi connectivity index (χ4v) is 2.65. The molecule has 0 saturated heterocycles. The third-order valence-electron chi connectivity index (χ3n) is 3.43. The Bertz CT molecular complexity index is 893. The highest BCUT2D eigenvalue weighted by Crippen LogP contribution is 2.33. The minimum absolute atomic E-state index is 0.523. The van der Waals surface area contributed by atoms with Crippen LogP contribution in [0.1, 0.15) is 1.37 Å². The van der Waals surface area contributed by atoms with E-state index < -0.39 is 0 Å². The van der Waals surface area contributed by atoms with Crippen LogP contribution in [0.2, 0.25) is 0 Å². The van der Waals surface area contributed by atoms with E-state index in [9.17, 15) is 0 Å². The van der Waals surface area contributed by atoms with Crippen molar-refractivity contribution in [3.05, 3.63) is 66.8 Å². The summed E-state index contributed by atoms with van der Waals surface area (Å²) >= 11 is 0. The molecule has 0 fully saturated rings. The van der Waals surface area contributed by atoms with Crippen LogP contribution in [-0.2, 0) is 0 Å². The normalized spacial score (nSPS) is 12.1. The Morgan fingerprint density at radius 3 is 2.11 bits per heavy atom. The van der Waals surface area contributed by atoms with E-state index in [1.165, 1.54) is 10.8 Å². The van der Waals surface area contributed by atoms with Crippen LogP contribution in [0.4, 0.5) is 0 Å². The van der Waals surface area contributed by atoms with E-state index in [2.05, 4.69) is 35.3 Å². The summed E-state index contributed by atoms with van der Waals surface area (Å²) < 4.78 is 7.83. The van der Waals surface area contributed by atoms with Gasteiger partial charge < -0.3 is 0 Å². The Morgan fingerprint density at radius 2 is 1.28 bits per heavy atom. The maximum atomic E-state index is 7.83. The molecular weight excluding hydrogens is 218 g/mol. The van der Waals surface area contributed by atoms with Crippen LogP contribution in [0.15, 0.2) is 66.8 Å². The number of aromatic nitrogens is 1. The molecule has 0 aliphatic carbocycles. The van der Waals surface area contributed by atoms with Crippen LogP contribution in [0, 0.1) is 0 Å². The van der Waals surface area contributed by atoms with Crippen LogP contribution in [-0.4, -0.2) is 4.98 Å². The van der Waals surface area contributed by atoms with Crippen molar-refractivity contribution in [3.63, 3.8) is 0 Å². The summed E-state index contributed by atoms with van der Waals surface area (Å²) in [4.78, 5) is 4.52. The SMILES string of the molecule is [2H]c1ccc2c3ccccc3c3cccnc3c2c1. The molecule has 0 saturated carbocycles. The first-order valence-corrected chi connectivity index (χ1v) is 6.00. The molecule has 0 aliphatic heterocycles. The van der Waals surface area contributed by atoms with Crippen LogP contribution in [0.5, 0.6) is 0 Å². The molecule has 0 bridgehead atoms. The molecule has 0 amide bonds. The van der Waals surface area contributed by atoms with Gasteiger partial charge in [-0.15, -0.1) is 0 Å². The van der Waals surface area contributed by atoms with Gasteiger partial charge in [0.25, 0.3) is 0 Å². The van der Waals surface area contributed by atoms with Crippen molar-refractivity contribution in [3.8, 4) is 0 Å². The molecule has 0 atom stereocenters. The minimum atomic E-state index is 0.523. The van der Waals surface area contributed by atoms with Gasteiger partial charge in [0.05, 0.1) is 6.89 Å². The van der Waals surface area contributed by atoms with E-state index in [0.717, 1.165) is 21.7 Å².